The van der Waals surface area contributed by atoms with E-state index in [2.05, 4.69) is 21.2 Å². The van der Waals surface area contributed by atoms with Crippen molar-refractivity contribution in [3.63, 3.8) is 0 Å². The predicted octanol–water partition coefficient (Wildman–Crippen LogP) is 3.56. The second-order valence-electron chi connectivity index (χ2n) is 5.91. The molecule has 1 fully saturated rings. The van der Waals surface area contributed by atoms with E-state index < -0.39 is 23.3 Å². The maximum Gasteiger partial charge on any atom is 0.325 e. The van der Waals surface area contributed by atoms with Crippen LogP contribution >= 0.6 is 15.9 Å². The number of carbonyl (C=O) groups excluding carboxylic acids is 2. The molecule has 0 saturated carbocycles. The Hall–Kier alpha value is -2.41. The maximum atomic E-state index is 14.0. The van der Waals surface area contributed by atoms with Gasteiger partial charge >= 0.3 is 6.03 Å². The second kappa shape index (κ2) is 6.48. The van der Waals surface area contributed by atoms with Crippen LogP contribution in [0.25, 0.3) is 0 Å². The number of methoxy groups -OCH3 is 1. The largest absolute Gasteiger partial charge is 0.497 e. The highest BCUT2D eigenvalue weighted by Crippen LogP contribution is 2.31. The molecule has 0 aliphatic carbocycles. The van der Waals surface area contributed by atoms with Crippen molar-refractivity contribution >= 4 is 27.9 Å². The second-order valence-corrected chi connectivity index (χ2v) is 6.83. The van der Waals surface area contributed by atoms with E-state index >= 15 is 0 Å². The number of benzene rings is 2. The summed E-state index contributed by atoms with van der Waals surface area (Å²) in [7, 11) is 1.55. The minimum absolute atomic E-state index is 0.129. The van der Waals surface area contributed by atoms with Crippen LogP contribution in [-0.2, 0) is 16.9 Å². The molecule has 1 N–H and O–H groups in total. The zero-order chi connectivity index (χ0) is 18.2. The highest BCUT2D eigenvalue weighted by atomic mass is 79.9. The van der Waals surface area contributed by atoms with E-state index in [1.165, 1.54) is 6.07 Å². The molecule has 0 aromatic heterocycles. The smallest absolute Gasteiger partial charge is 0.325 e. The Balaban J connectivity index is 1.88. The Kier molecular flexibility index (Phi) is 4.51. The first-order valence-electron chi connectivity index (χ1n) is 7.57. The number of nitrogens with one attached hydrogen (secondary N) is 1. The van der Waals surface area contributed by atoms with Gasteiger partial charge in [-0.3, -0.25) is 9.69 Å². The predicted molar refractivity (Wildman–Crippen MR) is 93.5 cm³/mol. The minimum Gasteiger partial charge on any atom is -0.497 e. The van der Waals surface area contributed by atoms with Crippen LogP contribution in [0.15, 0.2) is 46.9 Å². The van der Waals surface area contributed by atoms with E-state index in [1.54, 1.807) is 50.4 Å². The molecule has 0 spiro atoms. The van der Waals surface area contributed by atoms with Crippen LogP contribution in [0.2, 0.25) is 0 Å². The van der Waals surface area contributed by atoms with Crippen LogP contribution in [-0.4, -0.2) is 23.9 Å². The van der Waals surface area contributed by atoms with E-state index in [1.807, 2.05) is 0 Å². The molecular weight excluding hydrogens is 391 g/mol. The first kappa shape index (κ1) is 17.4. The zero-order valence-electron chi connectivity index (χ0n) is 13.7. The fourth-order valence-electron chi connectivity index (χ4n) is 2.78. The lowest BCUT2D eigenvalue weighted by Crippen LogP contribution is -2.40. The SMILES string of the molecule is COc1ccc([C@@]2(C)NC(=O)N(Cc3ccc(Br)cc3F)C2=O)cc1. The molecule has 7 heteroatoms. The lowest BCUT2D eigenvalue weighted by atomic mass is 9.92. The number of amides is 3. The first-order chi connectivity index (χ1) is 11.8. The van der Waals surface area contributed by atoms with Gasteiger partial charge in [-0.05, 0) is 36.8 Å². The fourth-order valence-corrected chi connectivity index (χ4v) is 3.11. The molecular formula is C18H16BrFN2O3. The Morgan fingerprint density at radius 1 is 1.20 bits per heavy atom. The Bertz CT molecular complexity index is 841. The summed E-state index contributed by atoms with van der Waals surface area (Å²) in [6, 6.07) is 10.8. The molecule has 130 valence electrons. The van der Waals surface area contributed by atoms with Crippen LogP contribution in [0.1, 0.15) is 18.1 Å². The van der Waals surface area contributed by atoms with Gasteiger partial charge in [0.15, 0.2) is 0 Å². The van der Waals surface area contributed by atoms with Crippen molar-refractivity contribution in [3.05, 3.63) is 63.9 Å². The third-order valence-corrected chi connectivity index (χ3v) is 4.78. The van der Waals surface area contributed by atoms with Gasteiger partial charge in [-0.15, -0.1) is 0 Å². The van der Waals surface area contributed by atoms with Gasteiger partial charge in [-0.25, -0.2) is 9.18 Å². The number of ether oxygens (including phenoxy) is 1. The monoisotopic (exact) mass is 406 g/mol. The van der Waals surface area contributed by atoms with E-state index in [9.17, 15) is 14.0 Å². The van der Waals surface area contributed by atoms with Crippen LogP contribution in [0, 0.1) is 5.82 Å². The number of urea groups is 1. The quantitative estimate of drug-likeness (QED) is 0.789. The molecule has 1 saturated heterocycles. The molecule has 2 aromatic rings. The van der Waals surface area contributed by atoms with E-state index in [0.717, 1.165) is 4.90 Å². The van der Waals surface area contributed by atoms with Crippen LogP contribution in [0.3, 0.4) is 0 Å². The van der Waals surface area contributed by atoms with Crippen LogP contribution in [0.4, 0.5) is 9.18 Å². The third-order valence-electron chi connectivity index (χ3n) is 4.29. The van der Waals surface area contributed by atoms with Gasteiger partial charge in [0.2, 0.25) is 0 Å². The lowest BCUT2D eigenvalue weighted by molar-refractivity contribution is -0.131. The summed E-state index contributed by atoms with van der Waals surface area (Å²) in [4.78, 5) is 26.2. The van der Waals surface area contributed by atoms with Crippen LogP contribution < -0.4 is 10.1 Å². The number of rotatable bonds is 4. The summed E-state index contributed by atoms with van der Waals surface area (Å²) in [5, 5.41) is 2.70. The van der Waals surface area contributed by atoms with Gasteiger partial charge in [0, 0.05) is 10.0 Å². The summed E-state index contributed by atoms with van der Waals surface area (Å²) in [5.41, 5.74) is -0.300. The summed E-state index contributed by atoms with van der Waals surface area (Å²) in [6.45, 7) is 1.50. The number of carbonyl (C=O) groups is 2. The van der Waals surface area contributed by atoms with Crippen molar-refractivity contribution in [2.75, 3.05) is 7.11 Å². The number of halogens is 2. The standard InChI is InChI=1S/C18H16BrFN2O3/c1-18(12-4-7-14(25-2)8-5-12)16(23)22(17(24)21-18)10-11-3-6-13(19)9-15(11)20/h3-9H,10H2,1-2H3,(H,21,24)/t18-/m1/s1. The molecule has 1 aliphatic rings. The molecule has 0 unspecified atom stereocenters. The fraction of sp³-hybridized carbons (Fsp3) is 0.222. The number of hydrogen-bond donors (Lipinski definition) is 1. The van der Waals surface area contributed by atoms with Gasteiger partial charge in [-0.1, -0.05) is 34.1 Å². The normalized spacial score (nSPS) is 19.9. The summed E-state index contributed by atoms with van der Waals surface area (Å²) in [6.07, 6.45) is 0. The van der Waals surface area contributed by atoms with Crippen molar-refractivity contribution in [1.82, 2.24) is 10.2 Å². The Labute approximate surface area is 152 Å². The maximum absolute atomic E-state index is 14.0. The van der Waals surface area contributed by atoms with E-state index in [-0.39, 0.29) is 12.1 Å². The topological polar surface area (TPSA) is 58.6 Å². The van der Waals surface area contributed by atoms with Gasteiger partial charge in [0.05, 0.1) is 13.7 Å². The zero-order valence-corrected chi connectivity index (χ0v) is 15.3. The van der Waals surface area contributed by atoms with Crippen molar-refractivity contribution in [2.24, 2.45) is 0 Å². The number of imide groups is 1. The first-order valence-corrected chi connectivity index (χ1v) is 8.37. The molecule has 5 nitrogen and oxygen atoms in total. The third kappa shape index (κ3) is 3.11. The van der Waals surface area contributed by atoms with Crippen molar-refractivity contribution < 1.29 is 18.7 Å². The van der Waals surface area contributed by atoms with Gasteiger partial charge in [-0.2, -0.15) is 0 Å². The van der Waals surface area contributed by atoms with E-state index in [0.29, 0.717) is 15.8 Å². The number of nitrogens with zero attached hydrogens (tertiary/aromatic N) is 1. The van der Waals surface area contributed by atoms with Crippen molar-refractivity contribution in [2.45, 2.75) is 19.0 Å². The van der Waals surface area contributed by atoms with Gasteiger partial charge in [0.25, 0.3) is 5.91 Å². The molecule has 1 atom stereocenters. The molecule has 1 aliphatic heterocycles. The van der Waals surface area contributed by atoms with Gasteiger partial charge < -0.3 is 10.1 Å². The van der Waals surface area contributed by atoms with Gasteiger partial charge in [0.1, 0.15) is 17.1 Å². The molecule has 25 heavy (non-hydrogen) atoms. The minimum atomic E-state index is -1.20. The highest BCUT2D eigenvalue weighted by molar-refractivity contribution is 9.10. The summed E-state index contributed by atoms with van der Waals surface area (Å²) in [5.74, 6) is -0.254. The number of hydrogen-bond acceptors (Lipinski definition) is 3. The Morgan fingerprint density at radius 2 is 1.88 bits per heavy atom. The molecule has 3 rings (SSSR count). The molecule has 1 heterocycles. The lowest BCUT2D eigenvalue weighted by Gasteiger charge is -2.22. The van der Waals surface area contributed by atoms with Crippen molar-refractivity contribution in [3.8, 4) is 5.75 Å². The Morgan fingerprint density at radius 3 is 2.48 bits per heavy atom. The molecule has 3 amide bonds. The van der Waals surface area contributed by atoms with E-state index in [4.69, 9.17) is 4.74 Å². The average molecular weight is 407 g/mol. The average Bonchev–Trinajstić information content (AvgIpc) is 2.81. The van der Waals surface area contributed by atoms with Crippen molar-refractivity contribution in [1.29, 1.82) is 0 Å². The molecule has 2 aromatic carbocycles. The molecule has 0 radical (unpaired) electrons. The summed E-state index contributed by atoms with van der Waals surface area (Å²) < 4.78 is 19.7. The summed E-state index contributed by atoms with van der Waals surface area (Å²) >= 11 is 3.18. The molecule has 0 bridgehead atoms. The highest BCUT2D eigenvalue weighted by Gasteiger charge is 2.49. The van der Waals surface area contributed by atoms with Crippen LogP contribution in [0.5, 0.6) is 5.75 Å².